The van der Waals surface area contributed by atoms with Crippen LogP contribution in [0.25, 0.3) is 23.5 Å². The predicted octanol–water partition coefficient (Wildman–Crippen LogP) is 4.54. The van der Waals surface area contributed by atoms with Crippen LogP contribution in [0.3, 0.4) is 0 Å². The molecule has 0 spiro atoms. The second kappa shape index (κ2) is 7.01. The van der Waals surface area contributed by atoms with Gasteiger partial charge in [-0.25, -0.2) is 0 Å². The molecule has 0 saturated carbocycles. The predicted molar refractivity (Wildman–Crippen MR) is 100 cm³/mol. The quantitative estimate of drug-likeness (QED) is 0.708. The van der Waals surface area contributed by atoms with Crippen LogP contribution < -0.4 is 10.3 Å². The number of benzene rings is 2. The maximum Gasteiger partial charge on any atom is 0.186 e. The Balaban J connectivity index is 1.87. The van der Waals surface area contributed by atoms with Crippen LogP contribution >= 0.6 is 0 Å². The molecular weight excluding hydrogens is 298 g/mol. The number of nitrogens with zero attached hydrogens (tertiary/aromatic N) is 1. The van der Waals surface area contributed by atoms with E-state index >= 15 is 0 Å². The molecule has 1 aromatic heterocycles. The van der Waals surface area contributed by atoms with E-state index in [9.17, 15) is 4.79 Å². The smallest absolute Gasteiger partial charge is 0.186 e. The molecular formula is C21H19NO2. The van der Waals surface area contributed by atoms with Gasteiger partial charge < -0.3 is 9.32 Å². The summed E-state index contributed by atoms with van der Waals surface area (Å²) in [5, 5.41) is 0. The first kappa shape index (κ1) is 15.8. The molecule has 3 aromatic rings. The van der Waals surface area contributed by atoms with E-state index < -0.39 is 0 Å². The van der Waals surface area contributed by atoms with Crippen molar-refractivity contribution < 1.29 is 4.42 Å². The van der Waals surface area contributed by atoms with Crippen molar-refractivity contribution in [3.8, 4) is 11.3 Å². The van der Waals surface area contributed by atoms with Crippen LogP contribution in [0.4, 0.5) is 5.69 Å². The average Bonchev–Trinajstić information content (AvgIpc) is 2.60. The van der Waals surface area contributed by atoms with E-state index in [1.807, 2.05) is 68.7 Å². The zero-order valence-electron chi connectivity index (χ0n) is 13.8. The van der Waals surface area contributed by atoms with Crippen molar-refractivity contribution >= 4 is 17.8 Å². The fourth-order valence-electron chi connectivity index (χ4n) is 2.39. The van der Waals surface area contributed by atoms with Crippen molar-refractivity contribution in [3.05, 3.63) is 88.3 Å². The Labute approximate surface area is 141 Å². The van der Waals surface area contributed by atoms with Gasteiger partial charge in [0.15, 0.2) is 5.43 Å². The van der Waals surface area contributed by atoms with Gasteiger partial charge in [-0.3, -0.25) is 4.79 Å². The standard InChI is InChI=1S/C21H19NO2/c1-22(2)18-11-8-16(9-12-18)10-13-20-14-19(23)15-21(24-20)17-6-4-3-5-7-17/h3-15H,1-2H3/b13-10+. The van der Waals surface area contributed by atoms with E-state index in [4.69, 9.17) is 4.42 Å². The van der Waals surface area contributed by atoms with Crippen LogP contribution in [-0.4, -0.2) is 14.1 Å². The van der Waals surface area contributed by atoms with Gasteiger partial charge in [-0.05, 0) is 23.8 Å². The lowest BCUT2D eigenvalue weighted by Crippen LogP contribution is -2.07. The first-order valence-corrected chi connectivity index (χ1v) is 7.78. The molecule has 1 heterocycles. The first-order valence-electron chi connectivity index (χ1n) is 7.78. The van der Waals surface area contributed by atoms with E-state index in [1.165, 1.54) is 12.1 Å². The van der Waals surface area contributed by atoms with Gasteiger partial charge in [-0.15, -0.1) is 0 Å². The summed E-state index contributed by atoms with van der Waals surface area (Å²) < 4.78 is 5.83. The Morgan fingerprint density at radius 1 is 0.875 bits per heavy atom. The Hall–Kier alpha value is -3.07. The minimum absolute atomic E-state index is 0.0669. The molecule has 2 aromatic carbocycles. The summed E-state index contributed by atoms with van der Waals surface area (Å²) in [6.07, 6.45) is 3.75. The molecule has 0 unspecified atom stereocenters. The highest BCUT2D eigenvalue weighted by Crippen LogP contribution is 2.20. The lowest BCUT2D eigenvalue weighted by Gasteiger charge is -2.11. The fourth-order valence-corrected chi connectivity index (χ4v) is 2.39. The molecule has 0 bridgehead atoms. The van der Waals surface area contributed by atoms with Gasteiger partial charge in [-0.1, -0.05) is 48.5 Å². The molecule has 0 radical (unpaired) electrons. The normalized spacial score (nSPS) is 10.9. The SMILES string of the molecule is CN(C)c1ccc(/C=C/c2cc(=O)cc(-c3ccccc3)o2)cc1. The number of hydrogen-bond donors (Lipinski definition) is 0. The highest BCUT2D eigenvalue weighted by molar-refractivity contribution is 5.69. The molecule has 0 fully saturated rings. The van der Waals surface area contributed by atoms with E-state index in [1.54, 1.807) is 0 Å². The summed E-state index contributed by atoms with van der Waals surface area (Å²) in [4.78, 5) is 14.0. The zero-order valence-corrected chi connectivity index (χ0v) is 13.8. The highest BCUT2D eigenvalue weighted by Gasteiger charge is 2.03. The number of anilines is 1. The molecule has 24 heavy (non-hydrogen) atoms. The van der Waals surface area contributed by atoms with Crippen LogP contribution in [0.15, 0.2) is 75.9 Å². The fraction of sp³-hybridized carbons (Fsp3) is 0.0952. The Morgan fingerprint density at radius 3 is 2.25 bits per heavy atom. The van der Waals surface area contributed by atoms with Crippen molar-refractivity contribution in [2.45, 2.75) is 0 Å². The monoisotopic (exact) mass is 317 g/mol. The van der Waals surface area contributed by atoms with Gasteiger partial charge in [0.2, 0.25) is 0 Å². The van der Waals surface area contributed by atoms with E-state index in [2.05, 4.69) is 17.0 Å². The van der Waals surface area contributed by atoms with Crippen molar-refractivity contribution in [1.29, 1.82) is 0 Å². The number of hydrogen-bond acceptors (Lipinski definition) is 3. The Bertz CT molecular complexity index is 891. The summed E-state index contributed by atoms with van der Waals surface area (Å²) in [6, 6.07) is 20.8. The summed E-state index contributed by atoms with van der Waals surface area (Å²) in [6.45, 7) is 0. The lowest BCUT2D eigenvalue weighted by molar-refractivity contribution is 0.554. The molecule has 0 aliphatic heterocycles. The summed E-state index contributed by atoms with van der Waals surface area (Å²) in [5.74, 6) is 1.11. The molecule has 3 nitrogen and oxygen atoms in total. The van der Waals surface area contributed by atoms with Crippen molar-refractivity contribution in [1.82, 2.24) is 0 Å². The minimum atomic E-state index is -0.0669. The minimum Gasteiger partial charge on any atom is -0.456 e. The maximum absolute atomic E-state index is 11.9. The third kappa shape index (κ3) is 3.82. The summed E-state index contributed by atoms with van der Waals surface area (Å²) in [7, 11) is 4.02. The first-order chi connectivity index (χ1) is 11.6. The van der Waals surface area contributed by atoms with Crippen LogP contribution in [0, 0.1) is 0 Å². The Morgan fingerprint density at radius 2 is 1.58 bits per heavy atom. The molecule has 0 aliphatic rings. The van der Waals surface area contributed by atoms with Gasteiger partial charge in [0, 0.05) is 37.5 Å². The van der Waals surface area contributed by atoms with Gasteiger partial charge in [0.25, 0.3) is 0 Å². The van der Waals surface area contributed by atoms with Crippen LogP contribution in [-0.2, 0) is 0 Å². The molecule has 3 heteroatoms. The van der Waals surface area contributed by atoms with Crippen molar-refractivity contribution in [2.24, 2.45) is 0 Å². The topological polar surface area (TPSA) is 33.5 Å². The van der Waals surface area contributed by atoms with Gasteiger partial charge in [-0.2, -0.15) is 0 Å². The average molecular weight is 317 g/mol. The van der Waals surface area contributed by atoms with Crippen LogP contribution in [0.1, 0.15) is 11.3 Å². The van der Waals surface area contributed by atoms with E-state index in [-0.39, 0.29) is 5.43 Å². The van der Waals surface area contributed by atoms with E-state index in [0.29, 0.717) is 11.5 Å². The molecule has 0 amide bonds. The lowest BCUT2D eigenvalue weighted by atomic mass is 10.1. The van der Waals surface area contributed by atoms with Crippen molar-refractivity contribution in [3.63, 3.8) is 0 Å². The zero-order chi connectivity index (χ0) is 16.9. The van der Waals surface area contributed by atoms with E-state index in [0.717, 1.165) is 16.8 Å². The van der Waals surface area contributed by atoms with Crippen molar-refractivity contribution in [2.75, 3.05) is 19.0 Å². The van der Waals surface area contributed by atoms with Gasteiger partial charge in [0.1, 0.15) is 11.5 Å². The van der Waals surface area contributed by atoms with Crippen LogP contribution in [0.2, 0.25) is 0 Å². The molecule has 0 N–H and O–H groups in total. The third-order valence-electron chi connectivity index (χ3n) is 3.69. The number of rotatable bonds is 4. The summed E-state index contributed by atoms with van der Waals surface area (Å²) >= 11 is 0. The molecule has 0 aliphatic carbocycles. The molecule has 3 rings (SSSR count). The van der Waals surface area contributed by atoms with Gasteiger partial charge >= 0.3 is 0 Å². The second-order valence-corrected chi connectivity index (χ2v) is 5.75. The van der Waals surface area contributed by atoms with Gasteiger partial charge in [0.05, 0.1) is 0 Å². The maximum atomic E-state index is 11.9. The van der Waals surface area contributed by atoms with Crippen LogP contribution in [0.5, 0.6) is 0 Å². The Kier molecular flexibility index (Phi) is 4.62. The molecule has 120 valence electrons. The molecule has 0 saturated heterocycles. The summed E-state index contributed by atoms with van der Waals surface area (Å²) in [5.41, 5.74) is 3.01. The third-order valence-corrected chi connectivity index (χ3v) is 3.69. The molecule has 0 atom stereocenters. The largest absolute Gasteiger partial charge is 0.456 e. The second-order valence-electron chi connectivity index (χ2n) is 5.75. The highest BCUT2D eigenvalue weighted by atomic mass is 16.3.